The second-order valence-electron chi connectivity index (χ2n) is 7.97. The summed E-state index contributed by atoms with van der Waals surface area (Å²) >= 11 is 0. The summed E-state index contributed by atoms with van der Waals surface area (Å²) in [6, 6.07) is 8.09. The van der Waals surface area contributed by atoms with Crippen LogP contribution in [-0.2, 0) is 16.0 Å². The van der Waals surface area contributed by atoms with Gasteiger partial charge < -0.3 is 14.3 Å². The van der Waals surface area contributed by atoms with E-state index in [1.807, 2.05) is 12.1 Å². The molecule has 6 nitrogen and oxygen atoms in total. The van der Waals surface area contributed by atoms with Crippen molar-refractivity contribution in [1.82, 2.24) is 0 Å². The van der Waals surface area contributed by atoms with Crippen LogP contribution in [-0.4, -0.2) is 80.7 Å². The van der Waals surface area contributed by atoms with Crippen LogP contribution in [0.1, 0.15) is 12.0 Å². The number of primary amides is 1. The maximum Gasteiger partial charge on any atom is 0.298 e. The van der Waals surface area contributed by atoms with Crippen LogP contribution in [0.4, 0.5) is 5.69 Å². The van der Waals surface area contributed by atoms with Crippen molar-refractivity contribution in [2.24, 2.45) is 0 Å². The van der Waals surface area contributed by atoms with Gasteiger partial charge in [0.25, 0.3) is 12.3 Å². The lowest BCUT2D eigenvalue weighted by atomic mass is 10.1. The molecule has 2 amide bonds. The lowest BCUT2D eigenvalue weighted by molar-refractivity contribution is -1.07. The van der Waals surface area contributed by atoms with Crippen molar-refractivity contribution < 1.29 is 23.9 Å². The van der Waals surface area contributed by atoms with Gasteiger partial charge >= 0.3 is 0 Å². The van der Waals surface area contributed by atoms with E-state index >= 15 is 0 Å². The van der Waals surface area contributed by atoms with E-state index in [1.165, 1.54) is 29.7 Å². The normalized spacial score (nSPS) is 27.9. The van der Waals surface area contributed by atoms with Crippen LogP contribution in [0.5, 0.6) is 0 Å². The highest BCUT2D eigenvalue weighted by Gasteiger charge is 2.47. The van der Waals surface area contributed by atoms with Gasteiger partial charge in [-0.25, -0.2) is 4.79 Å². The van der Waals surface area contributed by atoms with Gasteiger partial charge in [-0.2, -0.15) is 0 Å². The number of quaternary nitrogens is 3. The van der Waals surface area contributed by atoms with Crippen molar-refractivity contribution in [2.75, 3.05) is 64.7 Å². The summed E-state index contributed by atoms with van der Waals surface area (Å²) in [5.74, 6) is 0.131. The molecule has 0 aromatic heterocycles. The Bertz CT molecular complexity index is 590. The Hall–Kier alpha value is -1.76. The van der Waals surface area contributed by atoms with Crippen LogP contribution in [0.2, 0.25) is 0 Å². The van der Waals surface area contributed by atoms with Crippen molar-refractivity contribution >= 4 is 18.0 Å². The fourth-order valence-electron chi connectivity index (χ4n) is 4.02. The van der Waals surface area contributed by atoms with Gasteiger partial charge in [-0.15, -0.1) is 0 Å². The standard InChI is InChI=1S/C19H28N4O2/c1-22-9-12-23(13-10-22,14-11-22)15-19(25)21-18-6-4-17(5-7-18)3-2-8-20-16-24/h4-7,16H,2-3,8-15H2,1H3/p+3. The van der Waals surface area contributed by atoms with Gasteiger partial charge in [-0.05, 0) is 24.1 Å². The summed E-state index contributed by atoms with van der Waals surface area (Å²) in [7, 11) is 2.34. The fraction of sp³-hybridized carbons (Fsp3) is 0.579. The monoisotopic (exact) mass is 347 g/mol. The highest BCUT2D eigenvalue weighted by molar-refractivity contribution is 5.91. The third-order valence-electron chi connectivity index (χ3n) is 5.99. The lowest BCUT2D eigenvalue weighted by Crippen LogP contribution is -2.82. The molecule has 1 aromatic rings. The quantitative estimate of drug-likeness (QED) is 0.381. The molecule has 25 heavy (non-hydrogen) atoms. The molecule has 136 valence electrons. The van der Waals surface area contributed by atoms with Crippen molar-refractivity contribution in [3.8, 4) is 0 Å². The molecule has 6 heteroatoms. The number of aryl methyl sites for hydroxylation is 1. The number of rotatable bonds is 8. The molecule has 4 rings (SSSR count). The van der Waals surface area contributed by atoms with Gasteiger partial charge in [0.1, 0.15) is 39.3 Å². The molecular formula is C19H31N4O2+3. The number of benzene rings is 1. The van der Waals surface area contributed by atoms with Gasteiger partial charge in [0.2, 0.25) is 0 Å². The molecule has 0 radical (unpaired) electrons. The second kappa shape index (κ2) is 7.64. The van der Waals surface area contributed by atoms with Gasteiger partial charge in [0.15, 0.2) is 6.54 Å². The van der Waals surface area contributed by atoms with Crippen LogP contribution < -0.4 is 10.6 Å². The zero-order chi connectivity index (χ0) is 17.8. The summed E-state index contributed by atoms with van der Waals surface area (Å²) in [6.07, 6.45) is 2.78. The molecule has 1 aromatic carbocycles. The zero-order valence-electron chi connectivity index (χ0n) is 15.2. The number of carbonyl (C=O) groups is 2. The molecule has 0 aliphatic carbocycles. The maximum absolute atomic E-state index is 12.5. The number of nitrogens with zero attached hydrogens (tertiary/aromatic N) is 2. The Balaban J connectivity index is 1.47. The number of piperazine rings is 3. The Morgan fingerprint density at radius 3 is 2.36 bits per heavy atom. The molecule has 3 saturated heterocycles. The second-order valence-corrected chi connectivity index (χ2v) is 7.97. The fourth-order valence-corrected chi connectivity index (χ4v) is 4.02. The summed E-state index contributed by atoms with van der Waals surface area (Å²) < 4.78 is 2.15. The minimum absolute atomic E-state index is 0.131. The Kier molecular flexibility index (Phi) is 5.51. The van der Waals surface area contributed by atoms with Crippen LogP contribution in [0.15, 0.2) is 24.3 Å². The van der Waals surface area contributed by atoms with Crippen LogP contribution in [0.25, 0.3) is 0 Å². The Labute approximate surface area is 150 Å². The Morgan fingerprint density at radius 2 is 1.76 bits per heavy atom. The van der Waals surface area contributed by atoms with Crippen LogP contribution >= 0.6 is 0 Å². The van der Waals surface area contributed by atoms with Gasteiger partial charge in [0, 0.05) is 12.1 Å². The van der Waals surface area contributed by atoms with E-state index in [1.54, 1.807) is 5.32 Å². The summed E-state index contributed by atoms with van der Waals surface area (Å²) in [5, 5.41) is 4.72. The molecule has 0 unspecified atom stereocenters. The molecule has 3 N–H and O–H groups in total. The summed E-state index contributed by atoms with van der Waals surface area (Å²) in [6.45, 7) is 8.39. The number of likely N-dealkylation sites (N-methyl/N-ethyl adjacent to an activating group) is 1. The van der Waals surface area contributed by atoms with E-state index < -0.39 is 0 Å². The third kappa shape index (κ3) is 4.66. The molecule has 3 heterocycles. The predicted octanol–water partition coefficient (Wildman–Crippen LogP) is -0.432. The third-order valence-corrected chi connectivity index (χ3v) is 5.99. The smallest absolute Gasteiger partial charge is 0.298 e. The van der Waals surface area contributed by atoms with E-state index in [9.17, 15) is 9.59 Å². The summed E-state index contributed by atoms with van der Waals surface area (Å²) in [5.41, 5.74) is 2.12. The first-order valence-electron chi connectivity index (χ1n) is 9.37. The number of amides is 2. The first-order chi connectivity index (χ1) is 12.0. The highest BCUT2D eigenvalue weighted by atomic mass is 16.2. The van der Waals surface area contributed by atoms with Crippen molar-refractivity contribution in [3.05, 3.63) is 29.8 Å². The van der Waals surface area contributed by atoms with Crippen LogP contribution in [0.3, 0.4) is 0 Å². The van der Waals surface area contributed by atoms with Crippen molar-refractivity contribution in [2.45, 2.75) is 12.8 Å². The van der Waals surface area contributed by atoms with Gasteiger partial charge in [-0.3, -0.25) is 10.1 Å². The molecule has 3 aliphatic rings. The van der Waals surface area contributed by atoms with E-state index in [0.717, 1.165) is 55.6 Å². The first kappa shape index (κ1) is 18.0. The number of hydrogen-bond acceptors (Lipinski definition) is 2. The predicted molar refractivity (Wildman–Crippen MR) is 96.8 cm³/mol. The lowest BCUT2D eigenvalue weighted by Gasteiger charge is -2.53. The molecule has 2 bridgehead atoms. The number of anilines is 1. The van der Waals surface area contributed by atoms with Gasteiger partial charge in [-0.1, -0.05) is 12.1 Å². The number of nitrogens with one attached hydrogen (secondary N) is 1. The van der Waals surface area contributed by atoms with E-state index in [-0.39, 0.29) is 5.91 Å². The molecule has 0 spiro atoms. The number of hydrogen-bond donors (Lipinski definition) is 2. The summed E-state index contributed by atoms with van der Waals surface area (Å²) in [4.78, 5) is 22.8. The maximum atomic E-state index is 12.5. The Morgan fingerprint density at radius 1 is 1.12 bits per heavy atom. The molecule has 3 aliphatic heterocycles. The van der Waals surface area contributed by atoms with E-state index in [0.29, 0.717) is 6.54 Å². The minimum Gasteiger partial charge on any atom is -0.321 e. The van der Waals surface area contributed by atoms with E-state index in [2.05, 4.69) is 24.5 Å². The topological polar surface area (TPSA) is 62.8 Å². The average Bonchev–Trinajstić information content (AvgIpc) is 2.61. The minimum atomic E-state index is 0.131. The molecular weight excluding hydrogens is 316 g/mol. The SMILES string of the molecule is C[N+]12CC[N+](CC(=O)Nc3ccc(CCC[NH2+]C=O)cc3)(CC1)CC2. The van der Waals surface area contributed by atoms with E-state index in [4.69, 9.17) is 0 Å². The number of fused-ring (bicyclic) bond motifs is 3. The van der Waals surface area contributed by atoms with Crippen molar-refractivity contribution in [3.63, 3.8) is 0 Å². The highest BCUT2D eigenvalue weighted by Crippen LogP contribution is 2.24. The average molecular weight is 347 g/mol. The number of carbonyl (C=O) groups excluding carboxylic acids is 2. The zero-order valence-corrected chi connectivity index (χ0v) is 15.2. The molecule has 0 atom stereocenters. The van der Waals surface area contributed by atoms with Crippen molar-refractivity contribution in [1.29, 1.82) is 0 Å². The largest absolute Gasteiger partial charge is 0.321 e. The van der Waals surface area contributed by atoms with Gasteiger partial charge in [0.05, 0.1) is 13.6 Å². The van der Waals surface area contributed by atoms with Crippen LogP contribution in [0, 0.1) is 0 Å². The molecule has 3 fully saturated rings. The first-order valence-corrected chi connectivity index (χ1v) is 9.37. The molecule has 0 saturated carbocycles. The number of nitrogens with two attached hydrogens (primary N) is 1.